The van der Waals surface area contributed by atoms with Crippen LogP contribution in [0.15, 0.2) is 0 Å². The Morgan fingerprint density at radius 1 is 0.769 bits per heavy atom. The molecule has 0 aliphatic heterocycles. The van der Waals surface area contributed by atoms with Crippen molar-refractivity contribution in [2.45, 2.75) is 141 Å². The molecule has 1 amide bonds. The number of carbonyl (C=O) groups excluding carboxylic acids is 3. The van der Waals surface area contributed by atoms with Crippen LogP contribution in [0.3, 0.4) is 0 Å². The number of aliphatic carboxylic acids is 1. The van der Waals surface area contributed by atoms with Crippen LogP contribution in [-0.2, 0) is 28.8 Å². The van der Waals surface area contributed by atoms with Crippen molar-refractivity contribution in [1.29, 1.82) is 0 Å². The van der Waals surface area contributed by atoms with Gasteiger partial charge in [-0.3, -0.25) is 14.4 Å². The van der Waals surface area contributed by atoms with E-state index in [9.17, 15) is 29.4 Å². The summed E-state index contributed by atoms with van der Waals surface area (Å²) in [6.07, 6.45) is 17.4. The van der Waals surface area contributed by atoms with Crippen LogP contribution >= 0.6 is 0 Å². The van der Waals surface area contributed by atoms with Crippen LogP contribution in [0.2, 0.25) is 0 Å². The summed E-state index contributed by atoms with van der Waals surface area (Å²) in [7, 11) is 2.84. The highest BCUT2D eigenvalue weighted by Gasteiger charge is 2.42. The van der Waals surface area contributed by atoms with E-state index in [4.69, 9.17) is 4.74 Å². The number of nitrogens with zero attached hydrogens (tertiary/aromatic N) is 1. The quantitative estimate of drug-likeness (QED) is 0.0809. The van der Waals surface area contributed by atoms with Crippen molar-refractivity contribution in [2.75, 3.05) is 20.7 Å². The van der Waals surface area contributed by atoms with Gasteiger partial charge >= 0.3 is 17.9 Å². The molecule has 0 fully saturated rings. The predicted octanol–water partition coefficient (Wildman–Crippen LogP) is 4.91. The second-order valence-electron chi connectivity index (χ2n) is 10.8. The SMILES string of the molecule is CCCCCCCCCCCCCCCCCC(=O)NC(C)COC(=O)CC(O)(CC(=O)ON(C)C)C(=O)O. The minimum Gasteiger partial charge on any atom is -0.479 e. The third kappa shape index (κ3) is 21.3. The Kier molecular flexibility index (Phi) is 21.3. The van der Waals surface area contributed by atoms with Crippen LogP contribution in [0.4, 0.5) is 0 Å². The standard InChI is InChI=1S/C29H54N2O8/c1-5-6-7-8-9-10-11-12-13-14-15-16-17-18-19-20-25(32)30-24(2)23-38-26(33)21-29(37,28(35)36)22-27(34)39-31(3)4/h24,37H,5-23H2,1-4H3,(H,30,32)(H,35,36). The number of carbonyl (C=O) groups is 4. The Labute approximate surface area is 235 Å². The van der Waals surface area contributed by atoms with Gasteiger partial charge in [0.05, 0.1) is 18.9 Å². The highest BCUT2D eigenvalue weighted by Crippen LogP contribution is 2.18. The molecule has 2 unspecified atom stereocenters. The average molecular weight is 559 g/mol. The average Bonchev–Trinajstić information content (AvgIpc) is 2.84. The molecule has 3 N–H and O–H groups in total. The molecule has 0 aromatic rings. The molecular formula is C29H54N2O8. The van der Waals surface area contributed by atoms with Crippen LogP contribution in [-0.4, -0.2) is 71.4 Å². The Hall–Kier alpha value is -2.20. The monoisotopic (exact) mass is 558 g/mol. The number of carboxylic acids is 1. The number of rotatable bonds is 25. The van der Waals surface area contributed by atoms with Crippen molar-refractivity contribution in [2.24, 2.45) is 0 Å². The van der Waals surface area contributed by atoms with E-state index in [-0.39, 0.29) is 12.5 Å². The maximum Gasteiger partial charge on any atom is 0.336 e. The summed E-state index contributed by atoms with van der Waals surface area (Å²) in [5.41, 5.74) is -2.65. The molecule has 0 aliphatic rings. The molecule has 0 aromatic carbocycles. The van der Waals surface area contributed by atoms with E-state index < -0.39 is 42.4 Å². The number of hydrogen-bond acceptors (Lipinski definition) is 8. The Balaban J connectivity index is 3.88. The number of aliphatic hydroxyl groups is 1. The lowest BCUT2D eigenvalue weighted by atomic mass is 9.96. The van der Waals surface area contributed by atoms with Gasteiger partial charge in [0.15, 0.2) is 5.60 Å². The van der Waals surface area contributed by atoms with Gasteiger partial charge in [-0.25, -0.2) is 4.79 Å². The summed E-state index contributed by atoms with van der Waals surface area (Å²) < 4.78 is 5.00. The van der Waals surface area contributed by atoms with Gasteiger partial charge in [-0.2, -0.15) is 0 Å². The fourth-order valence-corrected chi connectivity index (χ4v) is 4.24. The molecule has 0 rings (SSSR count). The van der Waals surface area contributed by atoms with Gasteiger partial charge in [0.25, 0.3) is 0 Å². The van der Waals surface area contributed by atoms with E-state index in [0.29, 0.717) is 6.42 Å². The molecule has 0 spiro atoms. The third-order valence-corrected chi connectivity index (χ3v) is 6.47. The first-order valence-electron chi connectivity index (χ1n) is 14.8. The number of unbranched alkanes of at least 4 members (excludes halogenated alkanes) is 14. The molecule has 0 saturated heterocycles. The smallest absolute Gasteiger partial charge is 0.336 e. The summed E-state index contributed by atoms with van der Waals surface area (Å²) in [5, 5.41) is 23.3. The maximum atomic E-state index is 12.1. The lowest BCUT2D eigenvalue weighted by molar-refractivity contribution is -0.190. The molecule has 0 radical (unpaired) electrons. The lowest BCUT2D eigenvalue weighted by Gasteiger charge is -2.22. The largest absolute Gasteiger partial charge is 0.479 e. The molecule has 228 valence electrons. The number of amides is 1. The minimum atomic E-state index is -2.65. The van der Waals surface area contributed by atoms with Crippen molar-refractivity contribution >= 4 is 23.8 Å². The number of nitrogens with one attached hydrogen (secondary N) is 1. The van der Waals surface area contributed by atoms with E-state index in [1.807, 2.05) is 0 Å². The zero-order chi connectivity index (χ0) is 29.5. The Morgan fingerprint density at radius 2 is 1.21 bits per heavy atom. The van der Waals surface area contributed by atoms with Gasteiger partial charge in [0, 0.05) is 20.5 Å². The van der Waals surface area contributed by atoms with Crippen LogP contribution in [0.1, 0.15) is 129 Å². The number of carboxylic acid groups (broad SMARTS) is 1. The number of hydrogen-bond donors (Lipinski definition) is 3. The lowest BCUT2D eigenvalue weighted by Crippen LogP contribution is -2.44. The molecule has 0 aliphatic carbocycles. The summed E-state index contributed by atoms with van der Waals surface area (Å²) in [5.74, 6) is -3.88. The van der Waals surface area contributed by atoms with E-state index in [1.165, 1.54) is 91.1 Å². The van der Waals surface area contributed by atoms with Crippen molar-refractivity contribution in [3.05, 3.63) is 0 Å². The first-order chi connectivity index (χ1) is 18.5. The zero-order valence-corrected chi connectivity index (χ0v) is 24.8. The molecular weight excluding hydrogens is 504 g/mol. The van der Waals surface area contributed by atoms with Gasteiger partial charge in [0.1, 0.15) is 6.61 Å². The van der Waals surface area contributed by atoms with Gasteiger partial charge in [-0.05, 0) is 13.3 Å². The topological polar surface area (TPSA) is 142 Å². The summed E-state index contributed by atoms with van der Waals surface area (Å²) in [6.45, 7) is 3.73. The predicted molar refractivity (Wildman–Crippen MR) is 150 cm³/mol. The number of esters is 1. The molecule has 10 nitrogen and oxygen atoms in total. The first-order valence-corrected chi connectivity index (χ1v) is 14.8. The van der Waals surface area contributed by atoms with Gasteiger partial charge in [-0.15, -0.1) is 5.06 Å². The van der Waals surface area contributed by atoms with Gasteiger partial charge in [-0.1, -0.05) is 96.8 Å². The van der Waals surface area contributed by atoms with Crippen LogP contribution in [0, 0.1) is 0 Å². The van der Waals surface area contributed by atoms with E-state index >= 15 is 0 Å². The molecule has 10 heteroatoms. The molecule has 0 saturated carbocycles. The number of hydroxylamine groups is 2. The minimum absolute atomic E-state index is 0.137. The van der Waals surface area contributed by atoms with Gasteiger partial charge in [0.2, 0.25) is 5.91 Å². The highest BCUT2D eigenvalue weighted by molar-refractivity contribution is 5.89. The summed E-state index contributed by atoms with van der Waals surface area (Å²) in [4.78, 5) is 52.0. The van der Waals surface area contributed by atoms with Crippen LogP contribution in [0.5, 0.6) is 0 Å². The molecule has 0 bridgehead atoms. The second kappa shape index (κ2) is 22.6. The van der Waals surface area contributed by atoms with Gasteiger partial charge < -0.3 is 25.1 Å². The third-order valence-electron chi connectivity index (χ3n) is 6.47. The summed E-state index contributed by atoms with van der Waals surface area (Å²) >= 11 is 0. The number of ether oxygens (including phenoxy) is 1. The van der Waals surface area contributed by atoms with E-state index in [0.717, 1.165) is 24.3 Å². The first kappa shape index (κ1) is 36.8. The molecule has 0 aromatic heterocycles. The fourth-order valence-electron chi connectivity index (χ4n) is 4.24. The molecule has 2 atom stereocenters. The maximum absolute atomic E-state index is 12.1. The van der Waals surface area contributed by atoms with E-state index in [2.05, 4.69) is 17.1 Å². The van der Waals surface area contributed by atoms with Crippen LogP contribution < -0.4 is 5.32 Å². The zero-order valence-electron chi connectivity index (χ0n) is 24.8. The van der Waals surface area contributed by atoms with Crippen LogP contribution in [0.25, 0.3) is 0 Å². The normalized spacial score (nSPS) is 13.5. The summed E-state index contributed by atoms with van der Waals surface area (Å²) in [6, 6.07) is -0.477. The van der Waals surface area contributed by atoms with Crippen molar-refractivity contribution < 1.29 is 39.0 Å². The van der Waals surface area contributed by atoms with E-state index in [1.54, 1.807) is 6.92 Å². The van der Waals surface area contributed by atoms with Crippen molar-refractivity contribution in [3.63, 3.8) is 0 Å². The van der Waals surface area contributed by atoms with Crippen molar-refractivity contribution in [3.8, 4) is 0 Å². The highest BCUT2D eigenvalue weighted by atomic mass is 16.7. The fraction of sp³-hybridized carbons (Fsp3) is 0.862. The van der Waals surface area contributed by atoms with Crippen molar-refractivity contribution in [1.82, 2.24) is 10.4 Å². The molecule has 0 heterocycles. The Morgan fingerprint density at radius 3 is 1.64 bits per heavy atom. The Bertz CT molecular complexity index is 701. The molecule has 39 heavy (non-hydrogen) atoms. The second-order valence-corrected chi connectivity index (χ2v) is 10.8.